The molecule has 1 aliphatic heterocycles. The molecule has 1 saturated heterocycles. The summed E-state index contributed by atoms with van der Waals surface area (Å²) >= 11 is 0. The lowest BCUT2D eigenvalue weighted by Crippen LogP contribution is -2.58. The number of rotatable bonds is 6. The molecule has 2 heterocycles. The lowest BCUT2D eigenvalue weighted by Gasteiger charge is -2.39. The molecule has 166 valence electrons. The van der Waals surface area contributed by atoms with Crippen molar-refractivity contribution in [1.82, 2.24) is 10.3 Å². The standard InChI is InChI=1S/C25H27N3O4/c1-16-10-12-25(15-28-16,22(29)20-9-4-3-8-19(20)17-6-5-7-17)32-23-21(24(30)31-2)18(14-26)11-13-27-23/h3-4,8-9,11,13,16-17,28H,5-7,10,12,15H2,1-2H3/t16-,25-/m1/s1. The van der Waals surface area contributed by atoms with Gasteiger partial charge < -0.3 is 14.8 Å². The number of aromatic nitrogens is 1. The van der Waals surface area contributed by atoms with E-state index in [1.807, 2.05) is 30.3 Å². The van der Waals surface area contributed by atoms with Crippen LogP contribution >= 0.6 is 0 Å². The first-order valence-electron chi connectivity index (χ1n) is 11.0. The van der Waals surface area contributed by atoms with E-state index in [4.69, 9.17) is 9.47 Å². The Hall–Kier alpha value is -3.24. The summed E-state index contributed by atoms with van der Waals surface area (Å²) in [6, 6.07) is 11.4. The molecule has 2 aliphatic rings. The highest BCUT2D eigenvalue weighted by atomic mass is 16.5. The Labute approximate surface area is 187 Å². The molecule has 4 rings (SSSR count). The van der Waals surface area contributed by atoms with Crippen molar-refractivity contribution in [2.24, 2.45) is 0 Å². The number of carbonyl (C=O) groups excluding carboxylic acids is 2. The van der Waals surface area contributed by atoms with Crippen molar-refractivity contribution in [1.29, 1.82) is 5.26 Å². The Balaban J connectivity index is 1.78. The second kappa shape index (κ2) is 9.09. The van der Waals surface area contributed by atoms with Crippen molar-refractivity contribution in [3.8, 4) is 11.9 Å². The predicted molar refractivity (Wildman–Crippen MR) is 118 cm³/mol. The first kappa shape index (κ1) is 22.0. The highest BCUT2D eigenvalue weighted by molar-refractivity contribution is 6.04. The molecule has 0 spiro atoms. The highest BCUT2D eigenvalue weighted by Crippen LogP contribution is 2.40. The Morgan fingerprint density at radius 2 is 2.00 bits per heavy atom. The van der Waals surface area contributed by atoms with Crippen molar-refractivity contribution < 1.29 is 19.1 Å². The second-order valence-electron chi connectivity index (χ2n) is 8.60. The van der Waals surface area contributed by atoms with Gasteiger partial charge in [-0.3, -0.25) is 4.79 Å². The van der Waals surface area contributed by atoms with Crippen LogP contribution in [0, 0.1) is 11.3 Å². The number of carbonyl (C=O) groups is 2. The van der Waals surface area contributed by atoms with Gasteiger partial charge in [-0.2, -0.15) is 5.26 Å². The number of nitriles is 1. The first-order chi connectivity index (χ1) is 15.5. The Morgan fingerprint density at radius 1 is 1.22 bits per heavy atom. The normalized spacial score (nSPS) is 23.0. The lowest BCUT2D eigenvalue weighted by molar-refractivity contribution is 0.0245. The maximum atomic E-state index is 14.0. The fourth-order valence-electron chi connectivity index (χ4n) is 4.43. The molecule has 0 amide bonds. The fourth-order valence-corrected chi connectivity index (χ4v) is 4.43. The molecule has 7 nitrogen and oxygen atoms in total. The summed E-state index contributed by atoms with van der Waals surface area (Å²) in [5.41, 5.74) is 0.504. The molecule has 2 aromatic rings. The molecule has 2 fully saturated rings. The van der Waals surface area contributed by atoms with E-state index in [0.29, 0.717) is 17.9 Å². The van der Waals surface area contributed by atoms with Crippen LogP contribution in [0.2, 0.25) is 0 Å². The molecule has 1 aliphatic carbocycles. The van der Waals surface area contributed by atoms with Crippen molar-refractivity contribution in [2.75, 3.05) is 13.7 Å². The van der Waals surface area contributed by atoms with Gasteiger partial charge in [0.2, 0.25) is 11.7 Å². The molecule has 32 heavy (non-hydrogen) atoms. The highest BCUT2D eigenvalue weighted by Gasteiger charge is 2.46. The zero-order valence-electron chi connectivity index (χ0n) is 18.4. The molecule has 2 atom stereocenters. The smallest absolute Gasteiger partial charge is 0.344 e. The lowest BCUT2D eigenvalue weighted by atomic mass is 9.75. The van der Waals surface area contributed by atoms with E-state index >= 15 is 0 Å². The number of nitrogens with zero attached hydrogens (tertiary/aromatic N) is 2. The summed E-state index contributed by atoms with van der Waals surface area (Å²) in [5, 5.41) is 12.8. The zero-order chi connectivity index (χ0) is 22.7. The third kappa shape index (κ3) is 3.98. The van der Waals surface area contributed by atoms with Crippen LogP contribution in [0.3, 0.4) is 0 Å². The van der Waals surface area contributed by atoms with Crippen LogP contribution in [-0.4, -0.2) is 42.0 Å². The van der Waals surface area contributed by atoms with Crippen molar-refractivity contribution in [2.45, 2.75) is 56.6 Å². The van der Waals surface area contributed by atoms with Gasteiger partial charge in [0.25, 0.3) is 0 Å². The first-order valence-corrected chi connectivity index (χ1v) is 11.0. The fraction of sp³-hybridized carbons (Fsp3) is 0.440. The minimum atomic E-state index is -1.24. The average Bonchev–Trinajstić information content (AvgIpc) is 2.79. The van der Waals surface area contributed by atoms with Crippen molar-refractivity contribution in [3.05, 3.63) is 58.8 Å². The van der Waals surface area contributed by atoms with Crippen molar-refractivity contribution >= 4 is 11.8 Å². The third-order valence-electron chi connectivity index (χ3n) is 6.60. The van der Waals surface area contributed by atoms with E-state index < -0.39 is 11.6 Å². The van der Waals surface area contributed by atoms with Gasteiger partial charge in [-0.25, -0.2) is 9.78 Å². The van der Waals surface area contributed by atoms with Gasteiger partial charge in [-0.1, -0.05) is 30.7 Å². The summed E-state index contributed by atoms with van der Waals surface area (Å²) in [6.45, 7) is 2.34. The molecular formula is C25H27N3O4. The summed E-state index contributed by atoms with van der Waals surface area (Å²) in [5.74, 6) is -0.520. The van der Waals surface area contributed by atoms with Gasteiger partial charge >= 0.3 is 5.97 Å². The van der Waals surface area contributed by atoms with Crippen LogP contribution in [0.15, 0.2) is 36.5 Å². The molecule has 1 saturated carbocycles. The van der Waals surface area contributed by atoms with Gasteiger partial charge in [-0.05, 0) is 50.2 Å². The van der Waals surface area contributed by atoms with Gasteiger partial charge in [0, 0.05) is 24.3 Å². The number of ether oxygens (including phenoxy) is 2. The van der Waals surface area contributed by atoms with E-state index in [0.717, 1.165) is 24.8 Å². The molecule has 1 aromatic heterocycles. The predicted octanol–water partition coefficient (Wildman–Crippen LogP) is 3.78. The Kier molecular flexibility index (Phi) is 6.24. The minimum Gasteiger partial charge on any atom is -0.465 e. The zero-order valence-corrected chi connectivity index (χ0v) is 18.4. The summed E-state index contributed by atoms with van der Waals surface area (Å²) in [7, 11) is 1.24. The molecule has 1 aromatic carbocycles. The quantitative estimate of drug-likeness (QED) is 0.546. The largest absolute Gasteiger partial charge is 0.465 e. The number of hydrogen-bond donors (Lipinski definition) is 1. The molecule has 7 heteroatoms. The summed E-state index contributed by atoms with van der Waals surface area (Å²) < 4.78 is 11.2. The van der Waals surface area contributed by atoms with Gasteiger partial charge in [0.15, 0.2) is 5.60 Å². The van der Waals surface area contributed by atoms with E-state index in [-0.39, 0.29) is 35.4 Å². The van der Waals surface area contributed by atoms with Crippen molar-refractivity contribution in [3.63, 3.8) is 0 Å². The van der Waals surface area contributed by atoms with Gasteiger partial charge in [-0.15, -0.1) is 0 Å². The van der Waals surface area contributed by atoms with E-state index in [1.165, 1.54) is 25.8 Å². The van der Waals surface area contributed by atoms with E-state index in [1.54, 1.807) is 0 Å². The van der Waals surface area contributed by atoms with Gasteiger partial charge in [0.1, 0.15) is 11.6 Å². The number of hydrogen-bond acceptors (Lipinski definition) is 7. The number of benzene rings is 1. The Morgan fingerprint density at radius 3 is 2.62 bits per heavy atom. The van der Waals surface area contributed by atoms with Gasteiger partial charge in [0.05, 0.1) is 12.7 Å². The maximum Gasteiger partial charge on any atom is 0.344 e. The maximum absolute atomic E-state index is 14.0. The topological polar surface area (TPSA) is 101 Å². The number of nitrogens with one attached hydrogen (secondary N) is 1. The molecule has 1 N–H and O–H groups in total. The number of methoxy groups -OCH3 is 1. The minimum absolute atomic E-state index is 0.0540. The summed E-state index contributed by atoms with van der Waals surface area (Å²) in [4.78, 5) is 30.7. The average molecular weight is 434 g/mol. The summed E-state index contributed by atoms with van der Waals surface area (Å²) in [6.07, 6.45) is 5.92. The van der Waals surface area contributed by atoms with Crippen LogP contribution in [0.1, 0.15) is 76.8 Å². The molecular weight excluding hydrogens is 406 g/mol. The Bertz CT molecular complexity index is 1060. The number of ketones is 1. The van der Waals surface area contributed by atoms with E-state index in [9.17, 15) is 14.9 Å². The van der Waals surface area contributed by atoms with Crippen LogP contribution in [0.5, 0.6) is 5.88 Å². The second-order valence-corrected chi connectivity index (χ2v) is 8.60. The van der Waals surface area contributed by atoms with Crippen LogP contribution in [-0.2, 0) is 4.74 Å². The number of esters is 1. The molecule has 0 bridgehead atoms. The molecule has 0 radical (unpaired) electrons. The number of pyridine rings is 1. The van der Waals surface area contributed by atoms with Crippen LogP contribution < -0.4 is 10.1 Å². The SMILES string of the molecule is COC(=O)c1c(C#N)ccnc1O[C@]1(C(=O)c2ccccc2C2CCC2)CC[C@@H](C)NC1. The monoisotopic (exact) mass is 433 g/mol. The van der Waals surface area contributed by atoms with Crippen LogP contribution in [0.25, 0.3) is 0 Å². The van der Waals surface area contributed by atoms with E-state index in [2.05, 4.69) is 17.2 Å². The number of piperidine rings is 1. The molecule has 0 unspecified atom stereocenters. The third-order valence-corrected chi connectivity index (χ3v) is 6.60. The van der Waals surface area contributed by atoms with Crippen LogP contribution in [0.4, 0.5) is 0 Å². The number of Topliss-reactive ketones (excluding diaryl/α,β-unsaturated/α-hetero) is 1.